The molecule has 0 unspecified atom stereocenters. The lowest BCUT2D eigenvalue weighted by Gasteiger charge is -2.13. The van der Waals surface area contributed by atoms with Crippen LogP contribution in [0.2, 0.25) is 0 Å². The minimum atomic E-state index is -5.19. The van der Waals surface area contributed by atoms with Crippen molar-refractivity contribution in [1.82, 2.24) is 9.78 Å². The van der Waals surface area contributed by atoms with Gasteiger partial charge in [-0.15, -0.1) is 31.0 Å². The molecule has 0 aromatic carbocycles. The molecule has 0 atom stereocenters. The van der Waals surface area contributed by atoms with Gasteiger partial charge in [-0.2, -0.15) is 5.10 Å². The molecule has 0 amide bonds. The molecule has 86 valence electrons. The molecule has 15 heavy (non-hydrogen) atoms. The highest BCUT2D eigenvalue weighted by atomic mass is 19.4. The summed E-state index contributed by atoms with van der Waals surface area (Å²) in [5, 5.41) is 2.74. The molecule has 0 saturated carbocycles. The number of hydrogen-bond acceptors (Lipinski definition) is 2. The third-order valence-corrected chi connectivity index (χ3v) is 1.35. The van der Waals surface area contributed by atoms with E-state index in [2.05, 4.69) is 9.84 Å². The van der Waals surface area contributed by atoms with Crippen LogP contribution in [0.15, 0.2) is 6.20 Å². The van der Waals surface area contributed by atoms with Gasteiger partial charge in [0, 0.05) is 5.56 Å². The maximum atomic E-state index is 12.1. The van der Waals surface area contributed by atoms with Gasteiger partial charge in [0.15, 0.2) is 0 Å². The van der Waals surface area contributed by atoms with Crippen molar-refractivity contribution in [2.75, 3.05) is 0 Å². The van der Waals surface area contributed by atoms with E-state index in [9.17, 15) is 26.3 Å². The Morgan fingerprint density at radius 2 is 1.73 bits per heavy atom. The van der Waals surface area contributed by atoms with Crippen LogP contribution in [0.1, 0.15) is 5.56 Å². The van der Waals surface area contributed by atoms with E-state index in [0.717, 1.165) is 6.92 Å². The molecule has 0 fully saturated rings. The summed E-state index contributed by atoms with van der Waals surface area (Å²) >= 11 is 0. The van der Waals surface area contributed by atoms with Crippen LogP contribution in [0.3, 0.4) is 0 Å². The van der Waals surface area contributed by atoms with Crippen molar-refractivity contribution in [3.8, 4) is 5.88 Å². The van der Waals surface area contributed by atoms with E-state index in [1.54, 1.807) is 0 Å². The molecule has 0 saturated heterocycles. The Hall–Kier alpha value is -1.41. The van der Waals surface area contributed by atoms with Gasteiger partial charge >= 0.3 is 12.7 Å². The van der Waals surface area contributed by atoms with E-state index in [1.165, 1.54) is 0 Å². The van der Waals surface area contributed by atoms with Crippen LogP contribution in [0.4, 0.5) is 26.3 Å². The van der Waals surface area contributed by atoms with Gasteiger partial charge in [-0.1, -0.05) is 0 Å². The Morgan fingerprint density at radius 3 is 2.13 bits per heavy atom. The molecule has 0 aliphatic carbocycles. The van der Waals surface area contributed by atoms with Crippen molar-refractivity contribution < 1.29 is 31.1 Å². The molecule has 3 nitrogen and oxygen atoms in total. The van der Waals surface area contributed by atoms with Crippen molar-refractivity contribution in [3.63, 3.8) is 0 Å². The number of nitrogens with zero attached hydrogens (tertiary/aromatic N) is 2. The summed E-state index contributed by atoms with van der Waals surface area (Å²) in [6.45, 7) is 1.02. The van der Waals surface area contributed by atoms with Gasteiger partial charge in [-0.3, -0.25) is 0 Å². The average Bonchev–Trinajstić information content (AvgIpc) is 2.28. The highest BCUT2D eigenvalue weighted by Crippen LogP contribution is 2.32. The lowest BCUT2D eigenvalue weighted by atomic mass is 10.4. The molecule has 0 bridgehead atoms. The second-order valence-electron chi connectivity index (χ2n) is 2.56. The molecule has 1 aromatic heterocycles. The Morgan fingerprint density at radius 1 is 1.20 bits per heavy atom. The summed E-state index contributed by atoms with van der Waals surface area (Å²) in [5.74, 6) is -1.38. The molecular weight excluding hydrogens is 230 g/mol. The smallest absolute Gasteiger partial charge is 0.388 e. The normalized spacial score (nSPS) is 13.0. The number of alkyl halides is 6. The summed E-state index contributed by atoms with van der Waals surface area (Å²) in [5.41, 5.74) is -0.357. The van der Waals surface area contributed by atoms with Crippen LogP contribution in [-0.4, -0.2) is 16.1 Å². The molecule has 9 heteroatoms. The summed E-state index contributed by atoms with van der Waals surface area (Å²) in [4.78, 5) is 0. The zero-order valence-corrected chi connectivity index (χ0v) is 7.15. The first kappa shape index (κ1) is 11.7. The van der Waals surface area contributed by atoms with Gasteiger partial charge in [-0.25, -0.2) is 0 Å². The van der Waals surface area contributed by atoms with Crippen molar-refractivity contribution in [2.45, 2.75) is 19.6 Å². The molecule has 0 N–H and O–H groups in total. The van der Waals surface area contributed by atoms with Gasteiger partial charge in [0.25, 0.3) is 0 Å². The summed E-state index contributed by atoms with van der Waals surface area (Å²) < 4.78 is 73.9. The second kappa shape index (κ2) is 3.31. The van der Waals surface area contributed by atoms with Crippen LogP contribution in [0.25, 0.3) is 0 Å². The zero-order valence-electron chi connectivity index (χ0n) is 7.15. The lowest BCUT2D eigenvalue weighted by molar-refractivity contribution is -0.285. The summed E-state index contributed by atoms with van der Waals surface area (Å²) in [6, 6.07) is 0. The molecule has 0 spiro atoms. The number of halogens is 6. The van der Waals surface area contributed by atoms with E-state index in [-0.39, 0.29) is 5.56 Å². The minimum absolute atomic E-state index is 0.357. The molecule has 1 aromatic rings. The minimum Gasteiger partial charge on any atom is -0.388 e. The number of rotatable bonds is 1. The van der Waals surface area contributed by atoms with E-state index < -0.39 is 23.2 Å². The third kappa shape index (κ3) is 2.77. The fraction of sp³-hybridized carbons (Fsp3) is 0.500. The highest BCUT2D eigenvalue weighted by Gasteiger charge is 2.40. The van der Waals surface area contributed by atoms with Crippen LogP contribution in [-0.2, 0) is 6.30 Å². The Labute approximate surface area is 79.2 Å². The standard InChI is InChI=1S/C6H4F6N2O/c1-3-2-13-14(5(7,8)9)4(3)15-6(10,11)12/h2H,1H3. The highest BCUT2D eigenvalue weighted by molar-refractivity contribution is 5.22. The van der Waals surface area contributed by atoms with E-state index in [4.69, 9.17) is 0 Å². The fourth-order valence-electron chi connectivity index (χ4n) is 0.833. The van der Waals surface area contributed by atoms with Crippen LogP contribution >= 0.6 is 0 Å². The molecule has 0 radical (unpaired) electrons. The Kier molecular flexibility index (Phi) is 2.58. The number of aromatic nitrogens is 2. The number of hydrogen-bond donors (Lipinski definition) is 0. The van der Waals surface area contributed by atoms with E-state index in [1.807, 2.05) is 0 Å². The first-order valence-corrected chi connectivity index (χ1v) is 3.49. The maximum absolute atomic E-state index is 12.1. The number of aryl methyl sites for hydroxylation is 1. The first-order valence-electron chi connectivity index (χ1n) is 3.49. The SMILES string of the molecule is Cc1cnn(C(F)(F)F)c1OC(F)(F)F. The van der Waals surface area contributed by atoms with Crippen molar-refractivity contribution in [3.05, 3.63) is 11.8 Å². The molecule has 0 aliphatic heterocycles. The Bertz CT molecular complexity index is 351. The second-order valence-corrected chi connectivity index (χ2v) is 2.56. The molecular formula is C6H4F6N2O. The van der Waals surface area contributed by atoms with E-state index >= 15 is 0 Å². The zero-order chi connectivity index (χ0) is 11.9. The number of ether oxygens (including phenoxy) is 1. The van der Waals surface area contributed by atoms with Gasteiger partial charge < -0.3 is 4.74 Å². The molecule has 1 heterocycles. The monoisotopic (exact) mass is 234 g/mol. The van der Waals surface area contributed by atoms with Crippen molar-refractivity contribution in [1.29, 1.82) is 0 Å². The van der Waals surface area contributed by atoms with Crippen LogP contribution in [0, 0.1) is 6.92 Å². The van der Waals surface area contributed by atoms with Crippen molar-refractivity contribution in [2.24, 2.45) is 0 Å². The predicted octanol–water partition coefficient (Wildman–Crippen LogP) is 2.57. The van der Waals surface area contributed by atoms with Gasteiger partial charge in [0.1, 0.15) is 0 Å². The largest absolute Gasteiger partial charge is 0.574 e. The summed E-state index contributed by atoms with van der Waals surface area (Å²) in [7, 11) is 0. The third-order valence-electron chi connectivity index (χ3n) is 1.35. The van der Waals surface area contributed by atoms with Crippen molar-refractivity contribution >= 4 is 0 Å². The van der Waals surface area contributed by atoms with Gasteiger partial charge in [0.05, 0.1) is 6.20 Å². The molecule has 0 aliphatic rings. The van der Waals surface area contributed by atoms with Gasteiger partial charge in [-0.05, 0) is 6.92 Å². The topological polar surface area (TPSA) is 27.1 Å². The predicted molar refractivity (Wildman–Crippen MR) is 34.9 cm³/mol. The van der Waals surface area contributed by atoms with Crippen LogP contribution in [0.5, 0.6) is 5.88 Å². The molecule has 1 rings (SSSR count). The van der Waals surface area contributed by atoms with Gasteiger partial charge in [0.2, 0.25) is 5.88 Å². The quantitative estimate of drug-likeness (QED) is 0.698. The fourth-order valence-corrected chi connectivity index (χ4v) is 0.833. The maximum Gasteiger partial charge on any atom is 0.574 e. The van der Waals surface area contributed by atoms with Crippen LogP contribution < -0.4 is 4.74 Å². The Balaban J connectivity index is 3.11. The first-order chi connectivity index (χ1) is 6.61. The lowest BCUT2D eigenvalue weighted by Crippen LogP contribution is -2.25. The average molecular weight is 234 g/mol. The summed E-state index contributed by atoms with van der Waals surface area (Å²) in [6.07, 6.45) is -9.60. The van der Waals surface area contributed by atoms with E-state index in [0.29, 0.717) is 6.20 Å².